The Balaban J connectivity index is 1.68. The molecule has 0 spiro atoms. The van der Waals surface area contributed by atoms with Crippen LogP contribution in [0.3, 0.4) is 0 Å². The highest BCUT2D eigenvalue weighted by atomic mass is 14.9. The van der Waals surface area contributed by atoms with Crippen LogP contribution >= 0.6 is 0 Å². The molecule has 0 aliphatic carbocycles. The maximum atomic E-state index is 4.35. The van der Waals surface area contributed by atoms with E-state index in [1.165, 1.54) is 41.3 Å². The first-order valence-electron chi connectivity index (χ1n) is 7.68. The lowest BCUT2D eigenvalue weighted by atomic mass is 9.95. The van der Waals surface area contributed by atoms with Crippen molar-refractivity contribution in [2.24, 2.45) is 0 Å². The summed E-state index contributed by atoms with van der Waals surface area (Å²) in [5.41, 5.74) is 4.84. The molecular weight excluding hydrogens is 258 g/mol. The lowest BCUT2D eigenvalue weighted by molar-refractivity contribution is 0.412. The second kappa shape index (κ2) is 5.34. The molecule has 1 fully saturated rings. The summed E-state index contributed by atoms with van der Waals surface area (Å²) in [5.74, 6) is 0. The molecule has 3 nitrogen and oxygen atoms in total. The average molecular weight is 277 g/mol. The van der Waals surface area contributed by atoms with Gasteiger partial charge in [-0.1, -0.05) is 30.7 Å². The zero-order chi connectivity index (χ0) is 14.1. The highest BCUT2D eigenvalue weighted by Crippen LogP contribution is 2.29. The third kappa shape index (κ3) is 2.34. The third-order valence-electron chi connectivity index (χ3n) is 4.39. The largest absolute Gasteiger partial charge is 0.346 e. The molecule has 1 aliphatic rings. The molecule has 0 radical (unpaired) electrons. The summed E-state index contributed by atoms with van der Waals surface area (Å²) in [4.78, 5) is 7.52. The van der Waals surface area contributed by atoms with Crippen LogP contribution in [0.15, 0.2) is 48.8 Å². The van der Waals surface area contributed by atoms with Gasteiger partial charge in [-0.15, -0.1) is 0 Å². The normalized spacial score (nSPS) is 19.0. The van der Waals surface area contributed by atoms with Crippen LogP contribution in [-0.2, 0) is 0 Å². The number of pyridine rings is 1. The Kier molecular flexibility index (Phi) is 3.20. The predicted molar refractivity (Wildman–Crippen MR) is 86.1 cm³/mol. The molecule has 1 saturated heterocycles. The fourth-order valence-corrected chi connectivity index (χ4v) is 3.24. The van der Waals surface area contributed by atoms with Crippen molar-refractivity contribution in [1.29, 1.82) is 0 Å². The van der Waals surface area contributed by atoms with Gasteiger partial charge in [0.25, 0.3) is 0 Å². The maximum absolute atomic E-state index is 4.35. The van der Waals surface area contributed by atoms with E-state index >= 15 is 0 Å². The van der Waals surface area contributed by atoms with E-state index in [0.29, 0.717) is 6.04 Å². The van der Waals surface area contributed by atoms with Gasteiger partial charge in [-0.25, -0.2) is 4.98 Å². The number of aromatic nitrogens is 2. The average Bonchev–Trinajstić information content (AvgIpc) is 3.04. The Labute approximate surface area is 124 Å². The third-order valence-corrected chi connectivity index (χ3v) is 4.39. The van der Waals surface area contributed by atoms with E-state index in [1.54, 1.807) is 0 Å². The molecule has 2 N–H and O–H groups in total. The van der Waals surface area contributed by atoms with Gasteiger partial charge in [-0.2, -0.15) is 0 Å². The summed E-state index contributed by atoms with van der Waals surface area (Å²) < 4.78 is 0. The predicted octanol–water partition coefficient (Wildman–Crippen LogP) is 4.04. The summed E-state index contributed by atoms with van der Waals surface area (Å²) in [5, 5.41) is 4.79. The van der Waals surface area contributed by atoms with Crippen molar-refractivity contribution in [3.63, 3.8) is 0 Å². The minimum atomic E-state index is 0.525. The molecule has 3 aromatic rings. The molecule has 1 aromatic carbocycles. The first-order valence-corrected chi connectivity index (χ1v) is 7.68. The van der Waals surface area contributed by atoms with E-state index in [-0.39, 0.29) is 0 Å². The SMILES string of the molecule is c1cc(-c2ccc(C3CCCCN3)cc2)c2cc[nH]c2n1. The molecule has 106 valence electrons. The summed E-state index contributed by atoms with van der Waals surface area (Å²) >= 11 is 0. The molecule has 3 heteroatoms. The molecule has 0 saturated carbocycles. The smallest absolute Gasteiger partial charge is 0.137 e. The number of piperidine rings is 1. The zero-order valence-corrected chi connectivity index (χ0v) is 12.0. The maximum Gasteiger partial charge on any atom is 0.137 e. The molecule has 2 aromatic heterocycles. The molecule has 0 bridgehead atoms. The van der Waals surface area contributed by atoms with Gasteiger partial charge in [0, 0.05) is 23.8 Å². The summed E-state index contributed by atoms with van der Waals surface area (Å²) in [6, 6.07) is 13.7. The van der Waals surface area contributed by atoms with Gasteiger partial charge in [-0.3, -0.25) is 0 Å². The van der Waals surface area contributed by atoms with Crippen LogP contribution in [-0.4, -0.2) is 16.5 Å². The fraction of sp³-hybridized carbons (Fsp3) is 0.278. The molecule has 0 amide bonds. The molecule has 3 heterocycles. The number of hydrogen-bond acceptors (Lipinski definition) is 2. The quantitative estimate of drug-likeness (QED) is 0.742. The summed E-state index contributed by atoms with van der Waals surface area (Å²) in [6.07, 6.45) is 7.69. The van der Waals surface area contributed by atoms with Crippen LogP contribution < -0.4 is 5.32 Å². The van der Waals surface area contributed by atoms with E-state index in [0.717, 1.165) is 12.2 Å². The van der Waals surface area contributed by atoms with Crippen LogP contribution in [0.25, 0.3) is 22.2 Å². The number of hydrogen-bond donors (Lipinski definition) is 2. The van der Waals surface area contributed by atoms with Crippen LogP contribution in [0.2, 0.25) is 0 Å². The topological polar surface area (TPSA) is 40.7 Å². The van der Waals surface area contributed by atoms with Gasteiger partial charge < -0.3 is 10.3 Å². The van der Waals surface area contributed by atoms with Gasteiger partial charge in [0.2, 0.25) is 0 Å². The first kappa shape index (κ1) is 12.6. The Hall–Kier alpha value is -2.13. The van der Waals surface area contributed by atoms with Crippen LogP contribution in [0, 0.1) is 0 Å². The van der Waals surface area contributed by atoms with Gasteiger partial charge in [0.05, 0.1) is 0 Å². The van der Waals surface area contributed by atoms with Gasteiger partial charge in [0.1, 0.15) is 5.65 Å². The molecular formula is C18H19N3. The number of nitrogens with zero attached hydrogens (tertiary/aromatic N) is 1. The van der Waals surface area contributed by atoms with Crippen molar-refractivity contribution in [2.75, 3.05) is 6.54 Å². The number of fused-ring (bicyclic) bond motifs is 1. The standard InChI is InChI=1S/C18H19N3/c1-2-10-19-17(3-1)14-6-4-13(5-7-14)15-8-11-20-18-16(15)9-12-21-18/h4-9,11-12,17,19H,1-3,10H2,(H,20,21). The second-order valence-corrected chi connectivity index (χ2v) is 5.72. The number of H-pyrrole nitrogens is 1. The van der Waals surface area contributed by atoms with Crippen molar-refractivity contribution in [2.45, 2.75) is 25.3 Å². The Bertz CT molecular complexity index is 737. The molecule has 4 rings (SSSR count). The van der Waals surface area contributed by atoms with Gasteiger partial charge in [0.15, 0.2) is 0 Å². The molecule has 21 heavy (non-hydrogen) atoms. The first-order chi connectivity index (χ1) is 10.4. The molecule has 1 atom stereocenters. The minimum absolute atomic E-state index is 0.525. The van der Waals surface area contributed by atoms with Crippen LogP contribution in [0.5, 0.6) is 0 Å². The lowest BCUT2D eigenvalue weighted by Crippen LogP contribution is -2.26. The van der Waals surface area contributed by atoms with E-state index in [1.807, 2.05) is 12.4 Å². The van der Waals surface area contributed by atoms with Gasteiger partial charge in [-0.05, 0) is 48.2 Å². The fourth-order valence-electron chi connectivity index (χ4n) is 3.24. The monoisotopic (exact) mass is 277 g/mol. The van der Waals surface area contributed by atoms with Crippen LogP contribution in [0.4, 0.5) is 0 Å². The number of aromatic amines is 1. The number of benzene rings is 1. The molecule has 1 unspecified atom stereocenters. The second-order valence-electron chi connectivity index (χ2n) is 5.72. The van der Waals surface area contributed by atoms with Crippen molar-refractivity contribution < 1.29 is 0 Å². The zero-order valence-electron chi connectivity index (χ0n) is 12.0. The number of rotatable bonds is 2. The number of nitrogens with one attached hydrogen (secondary N) is 2. The van der Waals surface area contributed by atoms with Crippen molar-refractivity contribution >= 4 is 11.0 Å². The van der Waals surface area contributed by atoms with Crippen LogP contribution in [0.1, 0.15) is 30.9 Å². The van der Waals surface area contributed by atoms with Crippen molar-refractivity contribution in [3.8, 4) is 11.1 Å². The highest BCUT2D eigenvalue weighted by molar-refractivity contribution is 5.92. The van der Waals surface area contributed by atoms with E-state index in [9.17, 15) is 0 Å². The highest BCUT2D eigenvalue weighted by Gasteiger charge is 2.14. The van der Waals surface area contributed by atoms with Crippen molar-refractivity contribution in [1.82, 2.24) is 15.3 Å². The summed E-state index contributed by atoms with van der Waals surface area (Å²) in [7, 11) is 0. The van der Waals surface area contributed by atoms with Gasteiger partial charge >= 0.3 is 0 Å². The Morgan fingerprint density at radius 3 is 2.71 bits per heavy atom. The lowest BCUT2D eigenvalue weighted by Gasteiger charge is -2.24. The van der Waals surface area contributed by atoms with E-state index in [2.05, 4.69) is 51.7 Å². The summed E-state index contributed by atoms with van der Waals surface area (Å²) in [6.45, 7) is 1.14. The molecule has 1 aliphatic heterocycles. The van der Waals surface area contributed by atoms with Crippen molar-refractivity contribution in [3.05, 3.63) is 54.4 Å². The Morgan fingerprint density at radius 2 is 1.90 bits per heavy atom. The van der Waals surface area contributed by atoms with E-state index < -0.39 is 0 Å². The minimum Gasteiger partial charge on any atom is -0.346 e. The Morgan fingerprint density at radius 1 is 1.00 bits per heavy atom. The van der Waals surface area contributed by atoms with E-state index in [4.69, 9.17) is 0 Å².